The first-order valence-corrected chi connectivity index (χ1v) is 8.96. The van der Waals surface area contributed by atoms with E-state index in [1.807, 2.05) is 44.2 Å². The fourth-order valence-electron chi connectivity index (χ4n) is 1.21. The van der Waals surface area contributed by atoms with Gasteiger partial charge in [-0.15, -0.1) is 0 Å². The van der Waals surface area contributed by atoms with Crippen molar-refractivity contribution in [3.63, 3.8) is 0 Å². The van der Waals surface area contributed by atoms with E-state index in [4.69, 9.17) is 14.6 Å². The Hall–Kier alpha value is -3.15. The molecule has 0 bridgehead atoms. The van der Waals surface area contributed by atoms with Crippen LogP contribution in [0.15, 0.2) is 66.8 Å². The molecule has 0 saturated heterocycles. The van der Waals surface area contributed by atoms with Gasteiger partial charge in [0, 0.05) is 16.7 Å². The lowest BCUT2D eigenvalue weighted by molar-refractivity contribution is -0.140. The van der Waals surface area contributed by atoms with Crippen molar-refractivity contribution in [2.45, 2.75) is 41.2 Å². The molecule has 0 unspecified atom stereocenters. The molecule has 0 fully saturated rings. The Labute approximate surface area is 173 Å². The number of carbonyl (C=O) groups is 3. The van der Waals surface area contributed by atoms with Gasteiger partial charge in [-0.05, 0) is 32.3 Å². The second-order valence-corrected chi connectivity index (χ2v) is 6.70. The standard InChI is InChI=1S/C11H12O2.C8H14O2.C4H6O2/c1-9(2)11(12)13-8-10-6-4-3-5-7-10;1-6(2)5-10-8(9)7(3)4;1-3(2)4(5)6/h3-7H,1,8H2,2H3;6H,3,5H2,1-2,4H3;1H2,2H3,(H,5,6). The second-order valence-electron chi connectivity index (χ2n) is 6.70. The van der Waals surface area contributed by atoms with E-state index in [0.29, 0.717) is 30.3 Å². The van der Waals surface area contributed by atoms with Crippen molar-refractivity contribution in [3.8, 4) is 0 Å². The zero-order valence-electron chi connectivity index (χ0n) is 18.0. The van der Waals surface area contributed by atoms with Gasteiger partial charge in [-0.3, -0.25) is 0 Å². The van der Waals surface area contributed by atoms with Crippen LogP contribution in [0.5, 0.6) is 0 Å². The quantitative estimate of drug-likeness (QED) is 0.523. The number of esters is 2. The topological polar surface area (TPSA) is 89.9 Å². The number of carboxylic acid groups (broad SMARTS) is 1. The number of hydrogen-bond acceptors (Lipinski definition) is 5. The van der Waals surface area contributed by atoms with Gasteiger partial charge in [-0.1, -0.05) is 63.9 Å². The minimum atomic E-state index is -0.935. The summed E-state index contributed by atoms with van der Waals surface area (Å²) >= 11 is 0. The average molecular weight is 405 g/mol. The lowest BCUT2D eigenvalue weighted by Gasteiger charge is -2.05. The van der Waals surface area contributed by atoms with E-state index in [2.05, 4.69) is 19.7 Å². The number of rotatable bonds is 7. The third-order valence-corrected chi connectivity index (χ3v) is 2.82. The molecule has 6 heteroatoms. The molecule has 6 nitrogen and oxygen atoms in total. The van der Waals surface area contributed by atoms with E-state index >= 15 is 0 Å². The van der Waals surface area contributed by atoms with Crippen LogP contribution in [0.1, 0.15) is 40.2 Å². The predicted octanol–water partition coefficient (Wildman–Crippen LogP) is 4.71. The maximum Gasteiger partial charge on any atom is 0.333 e. The van der Waals surface area contributed by atoms with Crippen LogP contribution >= 0.6 is 0 Å². The van der Waals surface area contributed by atoms with Gasteiger partial charge in [0.15, 0.2) is 0 Å². The largest absolute Gasteiger partial charge is 0.478 e. The van der Waals surface area contributed by atoms with Crippen molar-refractivity contribution in [2.24, 2.45) is 5.92 Å². The van der Waals surface area contributed by atoms with Crippen molar-refractivity contribution in [3.05, 3.63) is 72.4 Å². The minimum absolute atomic E-state index is 0.176. The summed E-state index contributed by atoms with van der Waals surface area (Å²) in [4.78, 5) is 31.3. The van der Waals surface area contributed by atoms with E-state index < -0.39 is 5.97 Å². The molecule has 0 aliphatic rings. The van der Waals surface area contributed by atoms with Crippen LogP contribution in [0.4, 0.5) is 0 Å². The second kappa shape index (κ2) is 15.9. The number of carbonyl (C=O) groups excluding carboxylic acids is 2. The van der Waals surface area contributed by atoms with Crippen molar-refractivity contribution in [1.82, 2.24) is 0 Å². The summed E-state index contributed by atoms with van der Waals surface area (Å²) < 4.78 is 9.78. The molecule has 29 heavy (non-hydrogen) atoms. The summed E-state index contributed by atoms with van der Waals surface area (Å²) in [5, 5.41) is 7.89. The molecule has 1 N–H and O–H groups in total. The summed E-state index contributed by atoms with van der Waals surface area (Å²) in [6, 6.07) is 9.55. The molecule has 0 spiro atoms. The zero-order chi connectivity index (χ0) is 23.0. The molecule has 160 valence electrons. The molecule has 0 amide bonds. The third-order valence-electron chi connectivity index (χ3n) is 2.82. The van der Waals surface area contributed by atoms with Crippen LogP contribution in [0, 0.1) is 5.92 Å². The van der Waals surface area contributed by atoms with Crippen LogP contribution < -0.4 is 0 Å². The molecule has 1 aromatic rings. The molecule has 0 radical (unpaired) electrons. The van der Waals surface area contributed by atoms with E-state index in [-0.39, 0.29) is 17.5 Å². The molecular formula is C23H32O6. The highest BCUT2D eigenvalue weighted by atomic mass is 16.5. The third kappa shape index (κ3) is 18.0. The Morgan fingerprint density at radius 2 is 1.28 bits per heavy atom. The molecule has 1 rings (SSSR count). The van der Waals surface area contributed by atoms with Crippen molar-refractivity contribution >= 4 is 17.9 Å². The highest BCUT2D eigenvalue weighted by Crippen LogP contribution is 2.02. The number of hydrogen-bond donors (Lipinski definition) is 1. The van der Waals surface area contributed by atoms with Gasteiger partial charge >= 0.3 is 17.9 Å². The van der Waals surface area contributed by atoms with Crippen LogP contribution in [0.2, 0.25) is 0 Å². The first kappa shape index (κ1) is 28.1. The van der Waals surface area contributed by atoms with Crippen LogP contribution in [-0.4, -0.2) is 29.6 Å². The Morgan fingerprint density at radius 1 is 0.862 bits per heavy atom. The first-order chi connectivity index (χ1) is 13.4. The predicted molar refractivity (Wildman–Crippen MR) is 114 cm³/mol. The van der Waals surface area contributed by atoms with Crippen molar-refractivity contribution in [2.75, 3.05) is 6.61 Å². The highest BCUT2D eigenvalue weighted by Gasteiger charge is 2.03. The maximum atomic E-state index is 11.0. The lowest BCUT2D eigenvalue weighted by atomic mass is 10.2. The molecule has 0 saturated carbocycles. The van der Waals surface area contributed by atoms with E-state index in [1.54, 1.807) is 13.8 Å². The summed E-state index contributed by atoms with van der Waals surface area (Å²) in [5.41, 5.74) is 2.05. The highest BCUT2D eigenvalue weighted by molar-refractivity contribution is 5.87. The zero-order valence-corrected chi connectivity index (χ0v) is 18.0. The van der Waals surface area contributed by atoms with Crippen molar-refractivity contribution < 1.29 is 29.0 Å². The normalized spacial score (nSPS) is 9.03. The van der Waals surface area contributed by atoms with Crippen LogP contribution in [-0.2, 0) is 30.5 Å². The monoisotopic (exact) mass is 404 g/mol. The van der Waals surface area contributed by atoms with Gasteiger partial charge in [0.05, 0.1) is 6.61 Å². The number of ether oxygens (including phenoxy) is 2. The van der Waals surface area contributed by atoms with E-state index in [1.165, 1.54) is 6.92 Å². The van der Waals surface area contributed by atoms with Crippen molar-refractivity contribution in [1.29, 1.82) is 0 Å². The molecule has 0 heterocycles. The number of aliphatic carboxylic acids is 1. The minimum Gasteiger partial charge on any atom is -0.478 e. The Morgan fingerprint density at radius 3 is 1.62 bits per heavy atom. The molecule has 0 aromatic heterocycles. The molecular weight excluding hydrogens is 372 g/mol. The maximum absolute atomic E-state index is 11.0. The summed E-state index contributed by atoms with van der Waals surface area (Å²) in [6.07, 6.45) is 0. The molecule has 0 atom stereocenters. The average Bonchev–Trinajstić information content (AvgIpc) is 2.65. The van der Waals surface area contributed by atoms with Crippen LogP contribution in [0.25, 0.3) is 0 Å². The van der Waals surface area contributed by atoms with Gasteiger partial charge in [-0.25, -0.2) is 14.4 Å². The summed E-state index contributed by atoms with van der Waals surface area (Å²) in [5.74, 6) is -1.18. The number of carboxylic acids is 1. The van der Waals surface area contributed by atoms with Gasteiger partial charge < -0.3 is 14.6 Å². The SMILES string of the molecule is C=C(C)C(=O)O.C=C(C)C(=O)OCC(C)C.C=C(C)C(=O)OCc1ccccc1. The lowest BCUT2D eigenvalue weighted by Crippen LogP contribution is -2.09. The van der Waals surface area contributed by atoms with E-state index in [0.717, 1.165) is 5.56 Å². The molecule has 0 aliphatic heterocycles. The molecule has 0 aliphatic carbocycles. The van der Waals surface area contributed by atoms with Gasteiger partial charge in [0.1, 0.15) is 6.61 Å². The van der Waals surface area contributed by atoms with Gasteiger partial charge in [-0.2, -0.15) is 0 Å². The fraction of sp³-hybridized carbons (Fsp3) is 0.348. The Kier molecular flexibility index (Phi) is 15.4. The Balaban J connectivity index is 0. The first-order valence-electron chi connectivity index (χ1n) is 8.96. The number of benzene rings is 1. The van der Waals surface area contributed by atoms with Gasteiger partial charge in [0.2, 0.25) is 0 Å². The summed E-state index contributed by atoms with van der Waals surface area (Å²) in [7, 11) is 0. The fourth-order valence-corrected chi connectivity index (χ4v) is 1.21. The molecule has 1 aromatic carbocycles. The smallest absolute Gasteiger partial charge is 0.333 e. The van der Waals surface area contributed by atoms with Gasteiger partial charge in [0.25, 0.3) is 0 Å². The Bertz CT molecular complexity index is 689. The summed E-state index contributed by atoms with van der Waals surface area (Å²) in [6.45, 7) is 19.6. The van der Waals surface area contributed by atoms with Crippen LogP contribution in [0.3, 0.4) is 0 Å². The van der Waals surface area contributed by atoms with E-state index in [9.17, 15) is 14.4 Å².